The van der Waals surface area contributed by atoms with E-state index in [9.17, 15) is 9.59 Å². The molecule has 2 rings (SSSR count). The SMILES string of the molecule is CCn1c(=O)[nH]c2sc(Br)c(C(C)C)c2c1=O. The maximum Gasteiger partial charge on any atom is 0.329 e. The molecule has 0 radical (unpaired) electrons. The number of nitrogens with zero attached hydrogens (tertiary/aromatic N) is 1. The number of halogens is 1. The van der Waals surface area contributed by atoms with E-state index in [-0.39, 0.29) is 17.2 Å². The molecule has 0 aliphatic heterocycles. The van der Waals surface area contributed by atoms with Gasteiger partial charge in [0, 0.05) is 6.54 Å². The summed E-state index contributed by atoms with van der Waals surface area (Å²) in [5.74, 6) is 0.238. The molecule has 17 heavy (non-hydrogen) atoms. The summed E-state index contributed by atoms with van der Waals surface area (Å²) in [7, 11) is 0. The predicted octanol–water partition coefficient (Wildman–Crippen LogP) is 2.66. The smallest absolute Gasteiger partial charge is 0.298 e. The average molecular weight is 317 g/mol. The Morgan fingerprint density at radius 1 is 1.41 bits per heavy atom. The second-order valence-corrected chi connectivity index (χ2v) is 6.47. The number of aromatic nitrogens is 2. The number of nitrogens with one attached hydrogen (secondary N) is 1. The van der Waals surface area contributed by atoms with E-state index in [0.717, 1.165) is 9.35 Å². The monoisotopic (exact) mass is 316 g/mol. The van der Waals surface area contributed by atoms with Gasteiger partial charge in [-0.3, -0.25) is 14.3 Å². The molecule has 0 spiro atoms. The summed E-state index contributed by atoms with van der Waals surface area (Å²) >= 11 is 4.87. The zero-order valence-electron chi connectivity index (χ0n) is 9.83. The summed E-state index contributed by atoms with van der Waals surface area (Å²) in [5.41, 5.74) is 0.444. The Morgan fingerprint density at radius 2 is 2.06 bits per heavy atom. The number of thiophene rings is 1. The van der Waals surface area contributed by atoms with Crippen LogP contribution in [0.3, 0.4) is 0 Å². The molecule has 92 valence electrons. The van der Waals surface area contributed by atoms with Crippen LogP contribution in [0.25, 0.3) is 10.2 Å². The minimum atomic E-state index is -0.339. The fourth-order valence-corrected chi connectivity index (χ4v) is 4.12. The zero-order chi connectivity index (χ0) is 12.7. The second kappa shape index (κ2) is 4.42. The highest BCUT2D eigenvalue weighted by molar-refractivity contribution is 9.11. The highest BCUT2D eigenvalue weighted by Crippen LogP contribution is 2.36. The van der Waals surface area contributed by atoms with Crippen LogP contribution in [-0.4, -0.2) is 9.55 Å². The molecule has 0 fully saturated rings. The van der Waals surface area contributed by atoms with Crippen LogP contribution in [0.5, 0.6) is 0 Å². The summed E-state index contributed by atoms with van der Waals surface area (Å²) in [5, 5.41) is 0.637. The molecule has 0 aliphatic rings. The van der Waals surface area contributed by atoms with Crippen molar-refractivity contribution in [3.63, 3.8) is 0 Å². The lowest BCUT2D eigenvalue weighted by Gasteiger charge is -2.05. The summed E-state index contributed by atoms with van der Waals surface area (Å²) < 4.78 is 2.15. The van der Waals surface area contributed by atoms with E-state index in [2.05, 4.69) is 20.9 Å². The Labute approximate surface area is 110 Å². The van der Waals surface area contributed by atoms with Crippen molar-refractivity contribution in [3.8, 4) is 0 Å². The molecule has 4 nitrogen and oxygen atoms in total. The minimum absolute atomic E-state index is 0.197. The minimum Gasteiger partial charge on any atom is -0.298 e. The molecule has 0 aromatic carbocycles. The van der Waals surface area contributed by atoms with E-state index in [1.165, 1.54) is 15.9 Å². The van der Waals surface area contributed by atoms with Gasteiger partial charge in [0.25, 0.3) is 5.56 Å². The summed E-state index contributed by atoms with van der Waals surface area (Å²) in [6.07, 6.45) is 0. The molecule has 0 aliphatic carbocycles. The van der Waals surface area contributed by atoms with E-state index in [0.29, 0.717) is 16.8 Å². The van der Waals surface area contributed by atoms with Gasteiger partial charge in [-0.15, -0.1) is 11.3 Å². The van der Waals surface area contributed by atoms with Gasteiger partial charge < -0.3 is 0 Å². The van der Waals surface area contributed by atoms with E-state index in [1.54, 1.807) is 6.92 Å². The van der Waals surface area contributed by atoms with Crippen molar-refractivity contribution >= 4 is 37.5 Å². The lowest BCUT2D eigenvalue weighted by Crippen LogP contribution is -2.34. The average Bonchev–Trinajstić information content (AvgIpc) is 2.55. The van der Waals surface area contributed by atoms with Gasteiger partial charge in [0.15, 0.2) is 0 Å². The van der Waals surface area contributed by atoms with Crippen molar-refractivity contribution in [1.82, 2.24) is 9.55 Å². The van der Waals surface area contributed by atoms with E-state index in [1.807, 2.05) is 13.8 Å². The van der Waals surface area contributed by atoms with Gasteiger partial charge in [0.1, 0.15) is 4.83 Å². The van der Waals surface area contributed by atoms with Crippen LogP contribution < -0.4 is 11.2 Å². The van der Waals surface area contributed by atoms with Crippen LogP contribution in [0.15, 0.2) is 13.4 Å². The van der Waals surface area contributed by atoms with E-state index in [4.69, 9.17) is 0 Å². The summed E-state index contributed by atoms with van der Waals surface area (Å²) in [4.78, 5) is 27.3. The van der Waals surface area contributed by atoms with Crippen LogP contribution in [0.4, 0.5) is 0 Å². The van der Waals surface area contributed by atoms with E-state index >= 15 is 0 Å². The number of H-pyrrole nitrogens is 1. The Bertz CT molecular complexity index is 681. The highest BCUT2D eigenvalue weighted by atomic mass is 79.9. The van der Waals surface area contributed by atoms with Gasteiger partial charge in [-0.05, 0) is 34.3 Å². The van der Waals surface area contributed by atoms with Crippen molar-refractivity contribution < 1.29 is 0 Å². The van der Waals surface area contributed by atoms with Crippen molar-refractivity contribution in [3.05, 3.63) is 30.2 Å². The Hall–Kier alpha value is -0.880. The van der Waals surface area contributed by atoms with Crippen LogP contribution in [0.2, 0.25) is 0 Å². The Kier molecular flexibility index (Phi) is 3.27. The van der Waals surface area contributed by atoms with Crippen molar-refractivity contribution in [2.24, 2.45) is 0 Å². The molecule has 0 saturated heterocycles. The summed E-state index contributed by atoms with van der Waals surface area (Å²) in [6, 6.07) is 0. The first kappa shape index (κ1) is 12.6. The van der Waals surface area contributed by atoms with Gasteiger partial charge in [0.2, 0.25) is 0 Å². The van der Waals surface area contributed by atoms with Crippen LogP contribution in [0.1, 0.15) is 32.3 Å². The Balaban J connectivity index is 3.01. The number of hydrogen-bond acceptors (Lipinski definition) is 3. The first-order valence-corrected chi connectivity index (χ1v) is 7.03. The number of fused-ring (bicyclic) bond motifs is 1. The molecular weight excluding hydrogens is 304 g/mol. The highest BCUT2D eigenvalue weighted by Gasteiger charge is 2.18. The van der Waals surface area contributed by atoms with Gasteiger partial charge in [-0.25, -0.2) is 4.79 Å². The van der Waals surface area contributed by atoms with Crippen LogP contribution in [0, 0.1) is 0 Å². The number of rotatable bonds is 2. The molecule has 6 heteroatoms. The summed E-state index contributed by atoms with van der Waals surface area (Å²) in [6.45, 7) is 6.24. The van der Waals surface area contributed by atoms with Gasteiger partial charge in [-0.2, -0.15) is 0 Å². The fourth-order valence-electron chi connectivity index (χ4n) is 1.91. The maximum atomic E-state index is 12.2. The maximum absolute atomic E-state index is 12.2. The number of aromatic amines is 1. The molecule has 1 N–H and O–H groups in total. The molecule has 0 bridgehead atoms. The van der Waals surface area contributed by atoms with E-state index < -0.39 is 0 Å². The van der Waals surface area contributed by atoms with Crippen molar-refractivity contribution in [1.29, 1.82) is 0 Å². The molecular formula is C11H13BrN2O2S. The molecule has 0 unspecified atom stereocenters. The van der Waals surface area contributed by atoms with Crippen LogP contribution in [-0.2, 0) is 6.54 Å². The first-order valence-electron chi connectivity index (χ1n) is 5.42. The predicted molar refractivity (Wildman–Crippen MR) is 74.2 cm³/mol. The third kappa shape index (κ3) is 1.89. The fraction of sp³-hybridized carbons (Fsp3) is 0.455. The third-order valence-electron chi connectivity index (χ3n) is 2.72. The van der Waals surface area contributed by atoms with Crippen LogP contribution >= 0.6 is 27.3 Å². The quantitative estimate of drug-likeness (QED) is 0.926. The van der Waals surface area contributed by atoms with Gasteiger partial charge in [0.05, 0.1) is 9.17 Å². The van der Waals surface area contributed by atoms with Gasteiger partial charge >= 0.3 is 5.69 Å². The normalized spacial score (nSPS) is 11.6. The molecule has 2 aromatic heterocycles. The molecule has 0 amide bonds. The lowest BCUT2D eigenvalue weighted by molar-refractivity contribution is 0.683. The molecule has 0 saturated carbocycles. The Morgan fingerprint density at radius 3 is 2.59 bits per heavy atom. The lowest BCUT2D eigenvalue weighted by atomic mass is 10.0. The number of hydrogen-bond donors (Lipinski definition) is 1. The largest absolute Gasteiger partial charge is 0.329 e. The third-order valence-corrected chi connectivity index (χ3v) is 4.54. The van der Waals surface area contributed by atoms with Gasteiger partial charge in [-0.1, -0.05) is 13.8 Å². The molecule has 2 heterocycles. The zero-order valence-corrected chi connectivity index (χ0v) is 12.2. The van der Waals surface area contributed by atoms with Crippen molar-refractivity contribution in [2.75, 3.05) is 0 Å². The first-order chi connectivity index (χ1) is 7.97. The molecule has 2 aromatic rings. The standard InChI is InChI=1S/C11H13BrN2O2S/c1-4-14-10(15)7-6(5(2)3)8(12)17-9(7)13-11(14)16/h5H,4H2,1-3H3,(H,13,16). The second-order valence-electron chi connectivity index (χ2n) is 4.13. The van der Waals surface area contributed by atoms with Crippen molar-refractivity contribution in [2.45, 2.75) is 33.2 Å². The molecule has 0 atom stereocenters. The topological polar surface area (TPSA) is 54.9 Å².